The Morgan fingerprint density at radius 3 is 1.10 bits per heavy atom. The molecule has 428 valence electrons. The van der Waals surface area contributed by atoms with E-state index in [-0.39, 0.29) is 13.4 Å². The van der Waals surface area contributed by atoms with Crippen molar-refractivity contribution in [2.45, 2.75) is 0 Å². The summed E-state index contributed by atoms with van der Waals surface area (Å²) in [5, 5.41) is 0. The third kappa shape index (κ3) is 5.97. The number of nitrogens with zero attached hydrogens (tertiary/aromatic N) is 8. The van der Waals surface area contributed by atoms with Gasteiger partial charge < -0.3 is 39.2 Å². The van der Waals surface area contributed by atoms with E-state index in [0.717, 1.165) is 45.5 Å². The quantitative estimate of drug-likeness (QED) is 0.152. The minimum absolute atomic E-state index is 0.154. The van der Waals surface area contributed by atoms with Gasteiger partial charge in [-0.05, 0) is 154 Å². The smallest absolute Gasteiger partial charge is 0.264 e. The van der Waals surface area contributed by atoms with Gasteiger partial charge in [0.15, 0.2) is 0 Å². The summed E-state index contributed by atoms with van der Waals surface area (Å²) >= 11 is 2.06. The molecule has 23 rings (SSSR count). The summed E-state index contributed by atoms with van der Waals surface area (Å²) in [5.41, 5.74) is 38.4. The molecule has 13 aromatic carbocycles. The lowest BCUT2D eigenvalue weighted by Crippen LogP contribution is -2.62. The lowest BCUT2D eigenvalue weighted by atomic mass is 9.34. The SMILES string of the molecule is c1ccc(-c2cc3c4c(c2)N(c2ccccc2)c2cccc5c2N4c2c(ccc4c2B3c2sc3c6c2N4c2ccccc2N6c2ccc4c6c2B3c2ccc(-c3ccccc3)c3c2N6c2c(cccc2N3c2ccccc2)N4c2ccccc2)N5c2ccccc2)cc1. The van der Waals surface area contributed by atoms with Crippen LogP contribution in [0.3, 0.4) is 0 Å². The van der Waals surface area contributed by atoms with Gasteiger partial charge in [-0.1, -0.05) is 176 Å². The van der Waals surface area contributed by atoms with E-state index < -0.39 is 0 Å². The molecule has 0 N–H and O–H groups in total. The zero-order chi connectivity index (χ0) is 60.1. The van der Waals surface area contributed by atoms with Gasteiger partial charge in [0.2, 0.25) is 0 Å². The zero-order valence-corrected chi connectivity index (χ0v) is 50.7. The molecule has 0 unspecified atom stereocenters. The average Bonchev–Trinajstić information content (AvgIpc) is 1.65. The standard InChI is InChI=1S/C82H48B2N8S/c1-7-23-49(24-8-1)51-47-58-73-69(48-51)87(54-31-15-5-16-32-54)65-39-21-37-63-75(65)91(73)77-67(85(63)52-27-11-3-12-28-52)45-44-62-71(77)84(58)82-80-79-81(93-82)83-57-42-41-56(50-25-9-2-10-26-50)72-74(57)92-76-64(38-22-40-66(76)88(72)55-33-17-6-18-34-55)86(53-29-13-4-14-30-53)68-46-43-61(70(83)78(68)92)89(79)59-35-19-20-36-60(59)90(62)80/h1-48H. The number of thiophene rings is 1. The Labute approximate surface area is 541 Å². The van der Waals surface area contributed by atoms with Crippen LogP contribution in [0.5, 0.6) is 0 Å². The molecule has 0 fully saturated rings. The number of rotatable bonds is 6. The van der Waals surface area contributed by atoms with Crippen molar-refractivity contribution < 1.29 is 0 Å². The van der Waals surface area contributed by atoms with Crippen molar-refractivity contribution in [1.82, 2.24) is 0 Å². The fraction of sp³-hybridized carbons (Fsp3) is 0. The molecule has 0 atom stereocenters. The maximum atomic E-state index is 2.70. The number of fused-ring (bicyclic) bond motifs is 9. The van der Waals surface area contributed by atoms with E-state index in [0.29, 0.717) is 0 Å². The Morgan fingerprint density at radius 2 is 0.591 bits per heavy atom. The van der Waals surface area contributed by atoms with Crippen molar-refractivity contribution in [1.29, 1.82) is 0 Å². The third-order valence-corrected chi connectivity index (χ3v) is 22.4. The molecule has 11 heteroatoms. The molecule has 0 saturated carbocycles. The first-order valence-corrected chi connectivity index (χ1v) is 33.0. The van der Waals surface area contributed by atoms with Crippen molar-refractivity contribution in [2.24, 2.45) is 0 Å². The molecule has 0 amide bonds. The minimum Gasteiger partial charge on any atom is -0.306 e. The van der Waals surface area contributed by atoms with Crippen molar-refractivity contribution >= 4 is 193 Å². The Hall–Kier alpha value is -11.9. The van der Waals surface area contributed by atoms with Crippen LogP contribution in [0.1, 0.15) is 0 Å². The topological polar surface area (TPSA) is 25.9 Å². The predicted octanol–water partition coefficient (Wildman–Crippen LogP) is 18.7. The molecular formula is C82H48B2N8S. The summed E-state index contributed by atoms with van der Waals surface area (Å²) in [6.45, 7) is -0.318. The Bertz CT molecular complexity index is 5650. The molecule has 1 aromatic heterocycles. The molecule has 0 bridgehead atoms. The molecule has 14 aromatic rings. The van der Waals surface area contributed by atoms with Crippen LogP contribution < -0.4 is 70.6 Å². The lowest BCUT2D eigenvalue weighted by Gasteiger charge is -2.54. The van der Waals surface area contributed by atoms with Crippen LogP contribution in [-0.4, -0.2) is 13.4 Å². The maximum absolute atomic E-state index is 2.70. The Kier molecular flexibility index (Phi) is 9.22. The van der Waals surface area contributed by atoms with Gasteiger partial charge in [0, 0.05) is 49.2 Å². The number of para-hydroxylation sites is 8. The van der Waals surface area contributed by atoms with E-state index >= 15 is 0 Å². The molecular weight excluding hydrogens is 1150 g/mol. The summed E-state index contributed by atoms with van der Waals surface area (Å²) in [6, 6.07) is 109. The van der Waals surface area contributed by atoms with E-state index in [4.69, 9.17) is 0 Å². The second kappa shape index (κ2) is 17.5. The van der Waals surface area contributed by atoms with Gasteiger partial charge in [0.1, 0.15) is 0 Å². The van der Waals surface area contributed by atoms with Gasteiger partial charge in [0.05, 0.1) is 102 Å². The Morgan fingerprint density at radius 1 is 0.204 bits per heavy atom. The number of anilines is 24. The molecule has 9 aliphatic rings. The van der Waals surface area contributed by atoms with Crippen molar-refractivity contribution in [3.05, 3.63) is 291 Å². The van der Waals surface area contributed by atoms with Gasteiger partial charge in [-0.25, -0.2) is 0 Å². The molecule has 8 nitrogen and oxygen atoms in total. The van der Waals surface area contributed by atoms with E-state index in [9.17, 15) is 0 Å². The van der Waals surface area contributed by atoms with E-state index in [1.54, 1.807) is 0 Å². The first-order chi connectivity index (χ1) is 46.2. The van der Waals surface area contributed by atoms with Crippen molar-refractivity contribution in [3.8, 4) is 22.3 Å². The second-order valence-corrected chi connectivity index (χ2v) is 26.6. The molecule has 9 aliphatic heterocycles. The van der Waals surface area contributed by atoms with Gasteiger partial charge in [-0.15, -0.1) is 0 Å². The first-order valence-electron chi connectivity index (χ1n) is 32.2. The van der Waals surface area contributed by atoms with Crippen LogP contribution in [0.2, 0.25) is 0 Å². The first kappa shape index (κ1) is 48.9. The van der Waals surface area contributed by atoms with Crippen LogP contribution in [0, 0.1) is 0 Å². The van der Waals surface area contributed by atoms with E-state index in [1.807, 2.05) is 0 Å². The zero-order valence-electron chi connectivity index (χ0n) is 49.9. The molecule has 0 saturated heterocycles. The molecule has 0 radical (unpaired) electrons. The predicted molar refractivity (Wildman–Crippen MR) is 390 cm³/mol. The summed E-state index contributed by atoms with van der Waals surface area (Å²) in [5.74, 6) is 0. The highest BCUT2D eigenvalue weighted by molar-refractivity contribution is 7.39. The van der Waals surface area contributed by atoms with Crippen LogP contribution in [0.25, 0.3) is 22.3 Å². The highest BCUT2D eigenvalue weighted by Gasteiger charge is 2.58. The average molecular weight is 1200 g/mol. The van der Waals surface area contributed by atoms with Crippen molar-refractivity contribution in [2.75, 3.05) is 39.2 Å². The third-order valence-electron chi connectivity index (χ3n) is 21.1. The molecule has 93 heavy (non-hydrogen) atoms. The summed E-state index contributed by atoms with van der Waals surface area (Å²) in [6.07, 6.45) is 0. The van der Waals surface area contributed by atoms with Crippen LogP contribution >= 0.6 is 11.3 Å². The number of hydrogen-bond donors (Lipinski definition) is 0. The maximum Gasteiger partial charge on any atom is 0.264 e. The normalized spacial score (nSPS) is 14.7. The van der Waals surface area contributed by atoms with E-state index in [2.05, 4.69) is 342 Å². The monoisotopic (exact) mass is 1200 g/mol. The van der Waals surface area contributed by atoms with Gasteiger partial charge in [0.25, 0.3) is 13.4 Å². The Balaban J connectivity index is 0.866. The lowest BCUT2D eigenvalue weighted by molar-refractivity contribution is 1.11. The van der Waals surface area contributed by atoms with Crippen LogP contribution in [0.15, 0.2) is 291 Å². The highest BCUT2D eigenvalue weighted by atomic mass is 32.1. The molecule has 0 aliphatic carbocycles. The minimum atomic E-state index is -0.164. The number of hydrogen-bond acceptors (Lipinski definition) is 9. The van der Waals surface area contributed by atoms with Gasteiger partial charge in [-0.3, -0.25) is 0 Å². The van der Waals surface area contributed by atoms with Gasteiger partial charge >= 0.3 is 0 Å². The number of benzene rings is 13. The van der Waals surface area contributed by atoms with Crippen LogP contribution in [-0.2, 0) is 0 Å². The summed E-state index contributed by atoms with van der Waals surface area (Å²) < 4.78 is 2.72. The highest BCUT2D eigenvalue weighted by Crippen LogP contribution is 2.69. The fourth-order valence-electron chi connectivity index (χ4n) is 17.7. The van der Waals surface area contributed by atoms with Crippen molar-refractivity contribution in [3.63, 3.8) is 0 Å². The molecule has 10 heterocycles. The largest absolute Gasteiger partial charge is 0.306 e. The fourth-order valence-corrected chi connectivity index (χ4v) is 19.2. The molecule has 0 spiro atoms. The summed E-state index contributed by atoms with van der Waals surface area (Å²) in [4.78, 5) is 21.0. The van der Waals surface area contributed by atoms with Crippen LogP contribution in [0.4, 0.5) is 136 Å². The van der Waals surface area contributed by atoms with E-state index in [1.165, 1.54) is 145 Å². The second-order valence-electron chi connectivity index (χ2n) is 25.5. The summed E-state index contributed by atoms with van der Waals surface area (Å²) in [7, 11) is 0. The van der Waals surface area contributed by atoms with Gasteiger partial charge in [-0.2, -0.15) is 11.3 Å².